The molecule has 1 fully saturated rings. The van der Waals surface area contributed by atoms with Gasteiger partial charge in [0.25, 0.3) is 0 Å². The first-order chi connectivity index (χ1) is 9.90. The lowest BCUT2D eigenvalue weighted by atomic mass is 9.84. The molecule has 0 heterocycles. The molecule has 3 nitrogen and oxygen atoms in total. The molecule has 2 atom stereocenters. The maximum atomic E-state index is 5.30. The third-order valence-electron chi connectivity index (χ3n) is 4.85. The summed E-state index contributed by atoms with van der Waals surface area (Å²) in [6, 6.07) is 1.31. The van der Waals surface area contributed by atoms with Crippen LogP contribution in [-0.2, 0) is 4.74 Å². The van der Waals surface area contributed by atoms with Gasteiger partial charge in [-0.1, -0.05) is 27.7 Å². The maximum absolute atomic E-state index is 5.30. The first-order valence-electron chi connectivity index (χ1n) is 8.86. The maximum Gasteiger partial charge on any atom is 0.0589 e. The van der Waals surface area contributed by atoms with Gasteiger partial charge in [-0.3, -0.25) is 4.90 Å². The molecule has 0 aliphatic heterocycles. The normalized spacial score (nSPS) is 19.0. The van der Waals surface area contributed by atoms with Crippen molar-refractivity contribution in [3.05, 3.63) is 0 Å². The summed E-state index contributed by atoms with van der Waals surface area (Å²) in [6.45, 7) is 15.9. The van der Waals surface area contributed by atoms with Crippen molar-refractivity contribution in [1.29, 1.82) is 0 Å². The molecule has 1 aliphatic carbocycles. The summed E-state index contributed by atoms with van der Waals surface area (Å²) in [4.78, 5) is 2.65. The zero-order valence-corrected chi connectivity index (χ0v) is 15.2. The Morgan fingerprint density at radius 2 is 1.90 bits per heavy atom. The summed E-state index contributed by atoms with van der Waals surface area (Å²) >= 11 is 0. The van der Waals surface area contributed by atoms with Gasteiger partial charge in [0.15, 0.2) is 0 Å². The lowest BCUT2D eigenvalue weighted by Gasteiger charge is -2.35. The van der Waals surface area contributed by atoms with Crippen LogP contribution in [0.1, 0.15) is 60.3 Å². The van der Waals surface area contributed by atoms with Crippen LogP contribution in [0.2, 0.25) is 0 Å². The molecule has 0 radical (unpaired) electrons. The molecule has 0 aromatic rings. The predicted octanol–water partition coefficient (Wildman–Crippen LogP) is 3.54. The van der Waals surface area contributed by atoms with Crippen LogP contribution in [0.3, 0.4) is 0 Å². The molecule has 0 aromatic carbocycles. The van der Waals surface area contributed by atoms with Crippen LogP contribution in [0.5, 0.6) is 0 Å². The monoisotopic (exact) mass is 298 g/mol. The van der Waals surface area contributed by atoms with Crippen molar-refractivity contribution in [1.82, 2.24) is 10.2 Å². The quantitative estimate of drug-likeness (QED) is 0.631. The fraction of sp³-hybridized carbons (Fsp3) is 1.00. The highest BCUT2D eigenvalue weighted by Gasteiger charge is 2.32. The average Bonchev–Trinajstić information content (AvgIpc) is 3.24. The van der Waals surface area contributed by atoms with Gasteiger partial charge in [-0.2, -0.15) is 0 Å². The lowest BCUT2D eigenvalue weighted by molar-refractivity contribution is 0.106. The Morgan fingerprint density at radius 1 is 1.24 bits per heavy atom. The fourth-order valence-corrected chi connectivity index (χ4v) is 3.06. The van der Waals surface area contributed by atoms with Gasteiger partial charge in [-0.05, 0) is 50.5 Å². The Morgan fingerprint density at radius 3 is 2.38 bits per heavy atom. The highest BCUT2D eigenvalue weighted by atomic mass is 16.5. The fourth-order valence-electron chi connectivity index (χ4n) is 3.06. The van der Waals surface area contributed by atoms with Gasteiger partial charge in [0.2, 0.25) is 0 Å². The van der Waals surface area contributed by atoms with Crippen molar-refractivity contribution in [3.63, 3.8) is 0 Å². The van der Waals surface area contributed by atoms with Crippen molar-refractivity contribution in [3.8, 4) is 0 Å². The van der Waals surface area contributed by atoms with E-state index in [9.17, 15) is 0 Å². The summed E-state index contributed by atoms with van der Waals surface area (Å²) in [5.74, 6) is 0.929. The van der Waals surface area contributed by atoms with Crippen molar-refractivity contribution in [2.24, 2.45) is 11.3 Å². The van der Waals surface area contributed by atoms with Crippen LogP contribution in [0.4, 0.5) is 0 Å². The topological polar surface area (TPSA) is 24.5 Å². The third kappa shape index (κ3) is 7.12. The average molecular weight is 299 g/mol. The Hall–Kier alpha value is -0.120. The molecule has 1 N–H and O–H groups in total. The van der Waals surface area contributed by atoms with E-state index in [1.165, 1.54) is 32.2 Å². The molecule has 1 aliphatic rings. The highest BCUT2D eigenvalue weighted by Crippen LogP contribution is 2.35. The van der Waals surface area contributed by atoms with E-state index >= 15 is 0 Å². The summed E-state index contributed by atoms with van der Waals surface area (Å²) in [5, 5.41) is 3.75. The molecule has 0 spiro atoms. The van der Waals surface area contributed by atoms with Crippen LogP contribution >= 0.6 is 0 Å². The second-order valence-electron chi connectivity index (χ2n) is 7.77. The van der Waals surface area contributed by atoms with E-state index in [-0.39, 0.29) is 0 Å². The van der Waals surface area contributed by atoms with E-state index in [0.29, 0.717) is 17.5 Å². The van der Waals surface area contributed by atoms with Crippen molar-refractivity contribution < 1.29 is 4.74 Å². The van der Waals surface area contributed by atoms with Crippen LogP contribution in [0.15, 0.2) is 0 Å². The van der Waals surface area contributed by atoms with E-state index in [1.54, 1.807) is 7.11 Å². The number of nitrogens with one attached hydrogen (secondary N) is 1. The first-order valence-corrected chi connectivity index (χ1v) is 8.86. The summed E-state index contributed by atoms with van der Waals surface area (Å²) in [6.07, 6.45) is 5.27. The van der Waals surface area contributed by atoms with E-state index in [0.717, 1.165) is 25.6 Å². The predicted molar refractivity (Wildman–Crippen MR) is 91.8 cm³/mol. The first kappa shape index (κ1) is 18.9. The van der Waals surface area contributed by atoms with Crippen LogP contribution in [0.25, 0.3) is 0 Å². The van der Waals surface area contributed by atoms with E-state index in [1.807, 2.05) is 0 Å². The molecule has 1 saturated carbocycles. The zero-order valence-electron chi connectivity index (χ0n) is 15.2. The molecule has 2 unspecified atom stereocenters. The van der Waals surface area contributed by atoms with E-state index in [2.05, 4.69) is 44.8 Å². The second-order valence-corrected chi connectivity index (χ2v) is 7.77. The van der Waals surface area contributed by atoms with Crippen LogP contribution < -0.4 is 5.32 Å². The number of ether oxygens (including phenoxy) is 1. The standard InChI is InChI=1S/C18H38N2O/c1-7-11-19-17(18(3,4)5)10-12-20(13-14-21-6)15(2)16-8-9-16/h15-17,19H,7-14H2,1-6H3. The Labute approximate surface area is 132 Å². The minimum Gasteiger partial charge on any atom is -0.383 e. The molecule has 0 bridgehead atoms. The van der Waals surface area contributed by atoms with Crippen molar-refractivity contribution in [2.45, 2.75) is 72.4 Å². The molecule has 0 saturated heterocycles. The number of rotatable bonds is 11. The van der Waals surface area contributed by atoms with Gasteiger partial charge >= 0.3 is 0 Å². The lowest BCUT2D eigenvalue weighted by Crippen LogP contribution is -2.45. The Kier molecular flexibility index (Phi) is 8.22. The molecule has 21 heavy (non-hydrogen) atoms. The van der Waals surface area contributed by atoms with Gasteiger partial charge in [0, 0.05) is 32.3 Å². The Balaban J connectivity index is 2.50. The second kappa shape index (κ2) is 9.12. The number of methoxy groups -OCH3 is 1. The Bertz CT molecular complexity index is 271. The molecular formula is C18H38N2O. The minimum absolute atomic E-state index is 0.324. The number of nitrogens with zero attached hydrogens (tertiary/aromatic N) is 1. The number of hydrogen-bond donors (Lipinski definition) is 1. The van der Waals surface area contributed by atoms with Gasteiger partial charge in [-0.25, -0.2) is 0 Å². The van der Waals surface area contributed by atoms with Gasteiger partial charge in [0.05, 0.1) is 6.61 Å². The summed E-state index contributed by atoms with van der Waals surface area (Å²) in [7, 11) is 1.81. The van der Waals surface area contributed by atoms with E-state index in [4.69, 9.17) is 4.74 Å². The third-order valence-corrected chi connectivity index (χ3v) is 4.85. The van der Waals surface area contributed by atoms with Crippen molar-refractivity contribution in [2.75, 3.05) is 33.4 Å². The smallest absolute Gasteiger partial charge is 0.0589 e. The molecule has 0 aromatic heterocycles. The summed E-state index contributed by atoms with van der Waals surface area (Å²) < 4.78 is 5.30. The summed E-state index contributed by atoms with van der Waals surface area (Å²) in [5.41, 5.74) is 0.324. The molecule has 3 heteroatoms. The van der Waals surface area contributed by atoms with Crippen molar-refractivity contribution >= 4 is 0 Å². The molecule has 0 amide bonds. The number of hydrogen-bond acceptors (Lipinski definition) is 3. The van der Waals surface area contributed by atoms with Crippen LogP contribution in [0, 0.1) is 11.3 Å². The van der Waals surface area contributed by atoms with Crippen LogP contribution in [-0.4, -0.2) is 50.3 Å². The molecule has 126 valence electrons. The minimum atomic E-state index is 0.324. The molecular weight excluding hydrogens is 260 g/mol. The van der Waals surface area contributed by atoms with Gasteiger partial charge in [0.1, 0.15) is 0 Å². The SMILES string of the molecule is CCCNC(CCN(CCOC)C(C)C1CC1)C(C)(C)C. The highest BCUT2D eigenvalue weighted by molar-refractivity contribution is 4.87. The molecule has 1 rings (SSSR count). The largest absolute Gasteiger partial charge is 0.383 e. The van der Waals surface area contributed by atoms with E-state index < -0.39 is 0 Å². The zero-order chi connectivity index (χ0) is 15.9. The van der Waals surface area contributed by atoms with Gasteiger partial charge in [-0.15, -0.1) is 0 Å². The van der Waals surface area contributed by atoms with Gasteiger partial charge < -0.3 is 10.1 Å².